The van der Waals surface area contributed by atoms with Crippen LogP contribution in [0, 0.1) is 5.92 Å². The van der Waals surface area contributed by atoms with Gasteiger partial charge in [0.05, 0.1) is 23.3 Å². The largest absolute Gasteiger partial charge is 0.336 e. The SMILES string of the molecule is O=C1CCN(c2cc(C(=O)N3CCN(CC4CCN(C5CCNCC5(F)F)CC4)CC3)ccc2Cl)C(=O)N1. The van der Waals surface area contributed by atoms with E-state index in [4.69, 9.17) is 11.6 Å². The number of benzene rings is 1. The third-order valence-electron chi connectivity index (χ3n) is 8.25. The highest BCUT2D eigenvalue weighted by Crippen LogP contribution is 2.32. The lowest BCUT2D eigenvalue weighted by Gasteiger charge is -2.44. The van der Waals surface area contributed by atoms with Crippen LogP contribution in [0.2, 0.25) is 5.02 Å². The zero-order valence-corrected chi connectivity index (χ0v) is 22.2. The number of amides is 4. The van der Waals surface area contributed by atoms with E-state index in [-0.39, 0.29) is 31.3 Å². The summed E-state index contributed by atoms with van der Waals surface area (Å²) in [6.45, 7) is 5.68. The fourth-order valence-corrected chi connectivity index (χ4v) is 6.27. The molecule has 9 nitrogen and oxygen atoms in total. The number of hydrogen-bond acceptors (Lipinski definition) is 6. The maximum atomic E-state index is 14.3. The first-order valence-electron chi connectivity index (χ1n) is 13.5. The van der Waals surface area contributed by atoms with Gasteiger partial charge >= 0.3 is 6.03 Å². The van der Waals surface area contributed by atoms with Crippen LogP contribution in [0.1, 0.15) is 36.0 Å². The molecule has 4 heterocycles. The van der Waals surface area contributed by atoms with Crippen molar-refractivity contribution in [2.24, 2.45) is 5.92 Å². The van der Waals surface area contributed by atoms with E-state index >= 15 is 0 Å². The van der Waals surface area contributed by atoms with Gasteiger partial charge in [-0.05, 0) is 63.0 Å². The van der Waals surface area contributed by atoms with Crippen LogP contribution < -0.4 is 15.5 Å². The minimum atomic E-state index is -2.67. The summed E-state index contributed by atoms with van der Waals surface area (Å²) in [7, 11) is 0. The molecule has 0 saturated carbocycles. The van der Waals surface area contributed by atoms with Crippen molar-refractivity contribution in [1.29, 1.82) is 0 Å². The van der Waals surface area contributed by atoms with Gasteiger partial charge in [0.15, 0.2) is 0 Å². The summed E-state index contributed by atoms with van der Waals surface area (Å²) in [4.78, 5) is 44.5. The average Bonchev–Trinajstić information content (AvgIpc) is 2.90. The number of rotatable bonds is 5. The number of nitrogens with one attached hydrogen (secondary N) is 2. The number of anilines is 1. The fraction of sp³-hybridized carbons (Fsp3) is 0.654. The lowest BCUT2D eigenvalue weighted by molar-refractivity contribution is -0.120. The molecule has 5 rings (SSSR count). The smallest absolute Gasteiger partial charge is 0.328 e. The molecular weight excluding hydrogens is 518 g/mol. The summed E-state index contributed by atoms with van der Waals surface area (Å²) in [6, 6.07) is 3.69. The summed E-state index contributed by atoms with van der Waals surface area (Å²) < 4.78 is 28.7. The Morgan fingerprint density at radius 3 is 2.45 bits per heavy atom. The first-order valence-corrected chi connectivity index (χ1v) is 13.8. The number of imide groups is 1. The summed E-state index contributed by atoms with van der Waals surface area (Å²) in [5.74, 6) is -2.64. The second-order valence-electron chi connectivity index (χ2n) is 10.7. The Balaban J connectivity index is 1.11. The molecule has 4 aliphatic rings. The molecule has 12 heteroatoms. The molecule has 1 aromatic rings. The van der Waals surface area contributed by atoms with Crippen molar-refractivity contribution in [2.75, 3.05) is 70.3 Å². The minimum absolute atomic E-state index is 0.118. The van der Waals surface area contributed by atoms with Gasteiger partial charge in [0, 0.05) is 51.3 Å². The van der Waals surface area contributed by atoms with Crippen LogP contribution in [0.5, 0.6) is 0 Å². The number of urea groups is 1. The first-order chi connectivity index (χ1) is 18.2. The maximum Gasteiger partial charge on any atom is 0.328 e. The quantitative estimate of drug-likeness (QED) is 0.583. The van der Waals surface area contributed by atoms with E-state index in [9.17, 15) is 23.2 Å². The number of carbonyl (C=O) groups is 3. The molecule has 0 aromatic heterocycles. The molecule has 2 N–H and O–H groups in total. The first kappa shape index (κ1) is 27.2. The molecule has 4 saturated heterocycles. The highest BCUT2D eigenvalue weighted by atomic mass is 35.5. The molecule has 0 bridgehead atoms. The van der Waals surface area contributed by atoms with E-state index in [0.29, 0.717) is 61.3 Å². The summed E-state index contributed by atoms with van der Waals surface area (Å²) in [5.41, 5.74) is 0.861. The standard InChI is InChI=1S/C26H35ClF2N6O3/c27-20-2-1-19(15-21(20)35-10-6-23(36)31-25(35)38)24(37)34-13-11-32(12-14-34)16-18-4-8-33(9-5-18)22-3-7-30-17-26(22,28)29/h1-2,15,18,22,30H,3-14,16-17H2,(H,31,36,38). The normalized spacial score (nSPS) is 25.9. The Hall–Kier alpha value is -2.34. The molecule has 0 spiro atoms. The second-order valence-corrected chi connectivity index (χ2v) is 11.1. The highest BCUT2D eigenvalue weighted by molar-refractivity contribution is 6.34. The summed E-state index contributed by atoms with van der Waals surface area (Å²) in [5, 5.41) is 5.42. The number of carbonyl (C=O) groups excluding carboxylic acids is 3. The summed E-state index contributed by atoms with van der Waals surface area (Å²) in [6.07, 6.45) is 2.50. The third-order valence-corrected chi connectivity index (χ3v) is 8.57. The molecule has 1 atom stereocenters. The Kier molecular flexibility index (Phi) is 8.18. The van der Waals surface area contributed by atoms with Gasteiger partial charge in [-0.3, -0.25) is 29.6 Å². The van der Waals surface area contributed by atoms with Crippen LogP contribution in [-0.4, -0.2) is 110 Å². The van der Waals surface area contributed by atoms with Gasteiger partial charge in [0.25, 0.3) is 11.8 Å². The Labute approximate surface area is 226 Å². The third kappa shape index (κ3) is 5.95. The number of likely N-dealkylation sites (tertiary alicyclic amines) is 1. The van der Waals surface area contributed by atoms with Crippen molar-refractivity contribution in [2.45, 2.75) is 37.6 Å². The predicted octanol–water partition coefficient (Wildman–Crippen LogP) is 2.25. The van der Waals surface area contributed by atoms with Crippen molar-refractivity contribution in [3.63, 3.8) is 0 Å². The van der Waals surface area contributed by atoms with Crippen LogP contribution in [0.25, 0.3) is 0 Å². The van der Waals surface area contributed by atoms with E-state index < -0.39 is 18.0 Å². The number of halogens is 3. The number of alkyl halides is 2. The van der Waals surface area contributed by atoms with Gasteiger partial charge in [-0.1, -0.05) is 11.6 Å². The van der Waals surface area contributed by atoms with Gasteiger partial charge < -0.3 is 10.2 Å². The second kappa shape index (κ2) is 11.4. The molecular formula is C26H35ClF2N6O3. The van der Waals surface area contributed by atoms with Crippen LogP contribution in [0.4, 0.5) is 19.3 Å². The topological polar surface area (TPSA) is 88.2 Å². The Bertz CT molecular complexity index is 1060. The fourth-order valence-electron chi connectivity index (χ4n) is 6.05. The number of hydrogen-bond donors (Lipinski definition) is 2. The van der Waals surface area contributed by atoms with Crippen molar-refractivity contribution in [3.8, 4) is 0 Å². The van der Waals surface area contributed by atoms with Gasteiger partial charge in [0.2, 0.25) is 5.91 Å². The van der Waals surface area contributed by atoms with E-state index in [1.807, 2.05) is 9.80 Å². The minimum Gasteiger partial charge on any atom is -0.336 e. The predicted molar refractivity (Wildman–Crippen MR) is 140 cm³/mol. The van der Waals surface area contributed by atoms with Crippen LogP contribution >= 0.6 is 11.6 Å². The average molecular weight is 553 g/mol. The van der Waals surface area contributed by atoms with Gasteiger partial charge in [0.1, 0.15) is 0 Å². The Morgan fingerprint density at radius 1 is 1.03 bits per heavy atom. The summed E-state index contributed by atoms with van der Waals surface area (Å²) >= 11 is 6.32. The van der Waals surface area contributed by atoms with E-state index in [2.05, 4.69) is 15.5 Å². The van der Waals surface area contributed by atoms with Crippen molar-refractivity contribution in [1.82, 2.24) is 25.3 Å². The van der Waals surface area contributed by atoms with Crippen LogP contribution in [-0.2, 0) is 4.79 Å². The molecule has 4 fully saturated rings. The van der Waals surface area contributed by atoms with E-state index in [1.165, 1.54) is 4.90 Å². The molecule has 4 aliphatic heterocycles. The van der Waals surface area contributed by atoms with Crippen molar-refractivity contribution < 1.29 is 23.2 Å². The van der Waals surface area contributed by atoms with Gasteiger partial charge in [-0.15, -0.1) is 0 Å². The lowest BCUT2D eigenvalue weighted by Crippen LogP contribution is -2.59. The molecule has 1 unspecified atom stereocenters. The van der Waals surface area contributed by atoms with Crippen molar-refractivity contribution in [3.05, 3.63) is 28.8 Å². The number of piperazine rings is 1. The van der Waals surface area contributed by atoms with Crippen molar-refractivity contribution >= 4 is 35.1 Å². The zero-order valence-electron chi connectivity index (χ0n) is 21.4. The molecule has 0 aliphatic carbocycles. The monoisotopic (exact) mass is 552 g/mol. The molecule has 1 aromatic carbocycles. The van der Waals surface area contributed by atoms with Crippen LogP contribution in [0.15, 0.2) is 18.2 Å². The number of nitrogens with zero attached hydrogens (tertiary/aromatic N) is 4. The molecule has 0 radical (unpaired) electrons. The molecule has 38 heavy (non-hydrogen) atoms. The maximum absolute atomic E-state index is 14.3. The number of piperidine rings is 2. The van der Waals surface area contributed by atoms with Gasteiger partial charge in [-0.25, -0.2) is 13.6 Å². The Morgan fingerprint density at radius 2 is 1.76 bits per heavy atom. The van der Waals surface area contributed by atoms with E-state index in [0.717, 1.165) is 32.5 Å². The highest BCUT2D eigenvalue weighted by Gasteiger charge is 2.45. The van der Waals surface area contributed by atoms with Gasteiger partial charge in [-0.2, -0.15) is 0 Å². The molecule has 208 valence electrons. The van der Waals surface area contributed by atoms with Crippen LogP contribution in [0.3, 0.4) is 0 Å². The molecule has 4 amide bonds. The zero-order chi connectivity index (χ0) is 26.9. The van der Waals surface area contributed by atoms with E-state index in [1.54, 1.807) is 18.2 Å². The lowest BCUT2D eigenvalue weighted by atomic mass is 9.92.